The maximum atomic E-state index is 5.02. The zero-order valence-corrected chi connectivity index (χ0v) is 7.66. The Bertz CT molecular complexity index is 150. The number of ether oxygens (including phenoxy) is 1. The summed E-state index contributed by atoms with van der Waals surface area (Å²) < 4.78 is 5.02. The van der Waals surface area contributed by atoms with Gasteiger partial charge in [-0.05, 0) is 13.8 Å². The summed E-state index contributed by atoms with van der Waals surface area (Å²) in [5.41, 5.74) is -0.262. The van der Waals surface area contributed by atoms with Gasteiger partial charge in [0.1, 0.15) is 5.60 Å². The molecule has 11 heavy (non-hydrogen) atoms. The molecule has 0 radical (unpaired) electrons. The van der Waals surface area contributed by atoms with E-state index < -0.39 is 0 Å². The van der Waals surface area contributed by atoms with Gasteiger partial charge in [0.2, 0.25) is 0 Å². The summed E-state index contributed by atoms with van der Waals surface area (Å²) in [4.78, 5) is 0. The predicted molar refractivity (Wildman–Crippen MR) is 48.1 cm³/mol. The van der Waals surface area contributed by atoms with Crippen molar-refractivity contribution < 1.29 is 4.74 Å². The zero-order chi connectivity index (χ0) is 8.74. The van der Waals surface area contributed by atoms with Crippen LogP contribution in [0.25, 0.3) is 0 Å². The molecule has 0 amide bonds. The fourth-order valence-electron chi connectivity index (χ4n) is 0.389. The molecule has 0 atom stereocenters. The first-order valence-electron chi connectivity index (χ1n) is 3.86. The Kier molecular flexibility index (Phi) is 4.50. The van der Waals surface area contributed by atoms with Gasteiger partial charge in [0.25, 0.3) is 0 Å². The van der Waals surface area contributed by atoms with Gasteiger partial charge in [-0.15, -0.1) is 5.10 Å². The molecule has 0 aromatic heterocycles. The van der Waals surface area contributed by atoms with E-state index in [0.717, 1.165) is 0 Å². The predicted octanol–water partition coefficient (Wildman–Crippen LogP) is 2.23. The molecule has 0 fully saturated rings. The lowest BCUT2D eigenvalue weighted by Gasteiger charge is -2.18. The number of hydrogen-bond acceptors (Lipinski definition) is 3. The molecule has 0 N–H and O–H groups in total. The minimum atomic E-state index is -0.262. The summed E-state index contributed by atoms with van der Waals surface area (Å²) >= 11 is 0. The van der Waals surface area contributed by atoms with Crippen LogP contribution >= 0.6 is 0 Å². The van der Waals surface area contributed by atoms with Crippen LogP contribution in [0.15, 0.2) is 10.2 Å². The minimum absolute atomic E-state index is 0.262. The van der Waals surface area contributed by atoms with Crippen molar-refractivity contribution in [1.82, 2.24) is 0 Å². The molecule has 0 unspecified atom stereocenters. The molecular formula is C8H16N2O. The summed E-state index contributed by atoms with van der Waals surface area (Å²) in [6.07, 6.45) is 4.26. The molecule has 64 valence electrons. The van der Waals surface area contributed by atoms with Gasteiger partial charge >= 0.3 is 0 Å². The van der Waals surface area contributed by atoms with Gasteiger partial charge in [0.15, 0.2) is 6.40 Å². The third kappa shape index (κ3) is 5.58. The minimum Gasteiger partial charge on any atom is -0.470 e. The number of rotatable bonds is 0. The summed E-state index contributed by atoms with van der Waals surface area (Å²) in [6, 6.07) is 0. The highest BCUT2D eigenvalue weighted by atomic mass is 16.5. The van der Waals surface area contributed by atoms with E-state index in [9.17, 15) is 0 Å². The fraction of sp³-hybridized carbons (Fsp3) is 0.750. The van der Waals surface area contributed by atoms with Crippen LogP contribution in [0.3, 0.4) is 0 Å². The van der Waals surface area contributed by atoms with Crippen molar-refractivity contribution in [3.8, 4) is 0 Å². The molecule has 0 saturated carbocycles. The first-order valence-corrected chi connectivity index (χ1v) is 3.86. The molecule has 1 aliphatic rings. The van der Waals surface area contributed by atoms with Crippen molar-refractivity contribution in [1.29, 1.82) is 0 Å². The average molecular weight is 156 g/mol. The van der Waals surface area contributed by atoms with Crippen molar-refractivity contribution in [2.75, 3.05) is 0 Å². The monoisotopic (exact) mass is 156 g/mol. The van der Waals surface area contributed by atoms with Gasteiger partial charge in [0, 0.05) is 0 Å². The van der Waals surface area contributed by atoms with Crippen LogP contribution in [0.1, 0.15) is 34.1 Å². The van der Waals surface area contributed by atoms with Crippen molar-refractivity contribution in [3.05, 3.63) is 0 Å². The molecule has 0 aromatic carbocycles. The van der Waals surface area contributed by atoms with E-state index >= 15 is 0 Å². The summed E-state index contributed by atoms with van der Waals surface area (Å²) in [5.74, 6) is 0. The fourth-order valence-corrected chi connectivity index (χ4v) is 0.389. The van der Waals surface area contributed by atoms with E-state index in [1.807, 2.05) is 13.8 Å². The van der Waals surface area contributed by atoms with Crippen LogP contribution in [0.5, 0.6) is 0 Å². The SMILES string of the molecule is CC1(C)C=NN=CO1.CCC. The lowest BCUT2D eigenvalue weighted by molar-refractivity contribution is 0.179. The first kappa shape index (κ1) is 10.1. The van der Waals surface area contributed by atoms with E-state index in [-0.39, 0.29) is 5.60 Å². The maximum absolute atomic E-state index is 5.02. The topological polar surface area (TPSA) is 34.0 Å². The van der Waals surface area contributed by atoms with Crippen molar-refractivity contribution in [2.45, 2.75) is 39.7 Å². The van der Waals surface area contributed by atoms with Crippen LogP contribution < -0.4 is 0 Å². The number of nitrogens with zero attached hydrogens (tertiary/aromatic N) is 2. The van der Waals surface area contributed by atoms with E-state index in [1.54, 1.807) is 6.21 Å². The third-order valence-corrected chi connectivity index (χ3v) is 0.839. The highest BCUT2D eigenvalue weighted by molar-refractivity contribution is 5.72. The van der Waals surface area contributed by atoms with Crippen LogP contribution in [-0.2, 0) is 4.74 Å². The highest BCUT2D eigenvalue weighted by Gasteiger charge is 2.15. The maximum Gasteiger partial charge on any atom is 0.196 e. The van der Waals surface area contributed by atoms with E-state index in [2.05, 4.69) is 24.1 Å². The van der Waals surface area contributed by atoms with E-state index in [0.29, 0.717) is 0 Å². The second-order valence-electron chi connectivity index (χ2n) is 2.89. The quantitative estimate of drug-likeness (QED) is 0.529. The highest BCUT2D eigenvalue weighted by Crippen LogP contribution is 2.06. The van der Waals surface area contributed by atoms with Gasteiger partial charge in [0.05, 0.1) is 6.21 Å². The Morgan fingerprint density at radius 3 is 2.00 bits per heavy atom. The molecule has 1 rings (SSSR count). The Hall–Kier alpha value is -0.860. The molecule has 0 spiro atoms. The first-order chi connectivity index (χ1) is 5.12. The molecule has 1 aliphatic heterocycles. The van der Waals surface area contributed by atoms with Crippen LogP contribution in [-0.4, -0.2) is 18.2 Å². The number of hydrogen-bond donors (Lipinski definition) is 0. The van der Waals surface area contributed by atoms with Gasteiger partial charge < -0.3 is 4.74 Å². The third-order valence-electron chi connectivity index (χ3n) is 0.839. The normalized spacial score (nSPS) is 18.2. The second-order valence-corrected chi connectivity index (χ2v) is 2.89. The Morgan fingerprint density at radius 2 is 1.82 bits per heavy atom. The molecular weight excluding hydrogens is 140 g/mol. The van der Waals surface area contributed by atoms with Gasteiger partial charge in [-0.25, -0.2) is 0 Å². The summed E-state index contributed by atoms with van der Waals surface area (Å²) in [7, 11) is 0. The molecule has 0 aromatic rings. The van der Waals surface area contributed by atoms with Crippen LogP contribution in [0.4, 0.5) is 0 Å². The zero-order valence-electron chi connectivity index (χ0n) is 7.66. The smallest absolute Gasteiger partial charge is 0.196 e. The van der Waals surface area contributed by atoms with Crippen molar-refractivity contribution >= 4 is 12.6 Å². The van der Waals surface area contributed by atoms with Crippen molar-refractivity contribution in [3.63, 3.8) is 0 Å². The van der Waals surface area contributed by atoms with Crippen LogP contribution in [0.2, 0.25) is 0 Å². The average Bonchev–Trinajstić information content (AvgIpc) is 1.88. The van der Waals surface area contributed by atoms with E-state index in [4.69, 9.17) is 4.74 Å². The molecule has 0 aliphatic carbocycles. The lowest BCUT2D eigenvalue weighted by Crippen LogP contribution is -2.27. The Labute approximate surface area is 68.2 Å². The van der Waals surface area contributed by atoms with Crippen LogP contribution in [0, 0.1) is 0 Å². The van der Waals surface area contributed by atoms with Gasteiger partial charge in [-0.3, -0.25) is 0 Å². The molecule has 3 heteroatoms. The van der Waals surface area contributed by atoms with Gasteiger partial charge in [-0.2, -0.15) is 5.10 Å². The lowest BCUT2D eigenvalue weighted by atomic mass is 10.2. The molecule has 1 heterocycles. The largest absolute Gasteiger partial charge is 0.470 e. The van der Waals surface area contributed by atoms with E-state index in [1.165, 1.54) is 12.8 Å². The standard InChI is InChI=1S/C5H8N2O.C3H8/c1-5(2)3-6-7-4-8-5;1-3-2/h3-4H,1-2H3;3H2,1-2H3. The molecule has 0 bridgehead atoms. The van der Waals surface area contributed by atoms with Gasteiger partial charge in [-0.1, -0.05) is 20.3 Å². The molecule has 0 saturated heterocycles. The summed E-state index contributed by atoms with van der Waals surface area (Å²) in [6.45, 7) is 8.09. The Morgan fingerprint density at radius 1 is 1.27 bits per heavy atom. The Balaban J connectivity index is 0.000000292. The molecule has 3 nitrogen and oxygen atoms in total. The second kappa shape index (κ2) is 4.88. The summed E-state index contributed by atoms with van der Waals surface area (Å²) in [5, 5.41) is 7.14. The van der Waals surface area contributed by atoms with Crippen molar-refractivity contribution in [2.24, 2.45) is 10.2 Å².